The number of esters is 1. The van der Waals surface area contributed by atoms with E-state index in [4.69, 9.17) is 26.1 Å². The number of carbonyl (C=O) groups is 1. The van der Waals surface area contributed by atoms with Crippen LogP contribution in [-0.2, 0) is 16.0 Å². The first kappa shape index (κ1) is 19.7. The molecule has 3 aromatic carbocycles. The number of hydrogen-bond donors (Lipinski definition) is 0. The maximum absolute atomic E-state index is 13.1. The van der Waals surface area contributed by atoms with Gasteiger partial charge in [-0.1, -0.05) is 0 Å². The molecule has 0 amide bonds. The number of ether oxygens (including phenoxy) is 2. The Labute approximate surface area is 180 Å². The SMILES string of the molecule is COc1ccc(C2=NC(Cc3ccc(Cl)cc3)([Se]c3ccccc3)C(=O)O2)cc1. The number of halogens is 1. The summed E-state index contributed by atoms with van der Waals surface area (Å²) in [4.78, 5) is 17.9. The summed E-state index contributed by atoms with van der Waals surface area (Å²) in [6, 6.07) is 24.8. The summed E-state index contributed by atoms with van der Waals surface area (Å²) < 4.78 is 11.0. The van der Waals surface area contributed by atoms with E-state index in [0.717, 1.165) is 21.3 Å². The van der Waals surface area contributed by atoms with Crippen LogP contribution in [0.2, 0.25) is 5.02 Å². The molecule has 1 atom stereocenters. The Hall–Kier alpha value is -2.59. The predicted molar refractivity (Wildman–Crippen MR) is 115 cm³/mol. The average Bonchev–Trinajstić information content (AvgIpc) is 3.06. The second-order valence-corrected chi connectivity index (χ2v) is 9.81. The van der Waals surface area contributed by atoms with Gasteiger partial charge in [0.15, 0.2) is 0 Å². The molecule has 6 heteroatoms. The molecule has 1 unspecified atom stereocenters. The average molecular weight is 471 g/mol. The van der Waals surface area contributed by atoms with Gasteiger partial charge in [-0.05, 0) is 0 Å². The molecule has 1 heterocycles. The zero-order chi connectivity index (χ0) is 20.3. The van der Waals surface area contributed by atoms with Gasteiger partial charge in [-0.3, -0.25) is 0 Å². The van der Waals surface area contributed by atoms with Crippen LogP contribution in [-0.4, -0.2) is 38.4 Å². The fourth-order valence-corrected chi connectivity index (χ4v) is 5.62. The molecular formula is C23H18ClNO3Se. The molecule has 0 aromatic heterocycles. The molecule has 29 heavy (non-hydrogen) atoms. The van der Waals surface area contributed by atoms with Crippen molar-refractivity contribution in [3.05, 3.63) is 95.0 Å². The second kappa shape index (κ2) is 8.42. The molecule has 0 N–H and O–H groups in total. The predicted octanol–water partition coefficient (Wildman–Crippen LogP) is 3.62. The molecule has 0 aliphatic carbocycles. The number of aliphatic imine (C=N–C) groups is 1. The quantitative estimate of drug-likeness (QED) is 0.408. The van der Waals surface area contributed by atoms with Crippen molar-refractivity contribution in [1.29, 1.82) is 0 Å². The Balaban J connectivity index is 1.72. The van der Waals surface area contributed by atoms with Crippen LogP contribution in [0.15, 0.2) is 83.9 Å². The zero-order valence-electron chi connectivity index (χ0n) is 15.7. The molecule has 0 fully saturated rings. The third-order valence-corrected chi connectivity index (χ3v) is 7.38. The molecular weight excluding hydrogens is 453 g/mol. The fraction of sp³-hybridized carbons (Fsp3) is 0.130. The Kier molecular flexibility index (Phi) is 5.72. The second-order valence-electron chi connectivity index (χ2n) is 6.54. The molecule has 0 saturated carbocycles. The van der Waals surface area contributed by atoms with E-state index in [9.17, 15) is 4.79 Å². The molecule has 0 radical (unpaired) electrons. The first-order valence-electron chi connectivity index (χ1n) is 9.03. The van der Waals surface area contributed by atoms with Crippen LogP contribution in [0.4, 0.5) is 0 Å². The van der Waals surface area contributed by atoms with Gasteiger partial charge in [0, 0.05) is 0 Å². The van der Waals surface area contributed by atoms with Crippen molar-refractivity contribution in [2.24, 2.45) is 4.99 Å². The van der Waals surface area contributed by atoms with E-state index in [1.165, 1.54) is 0 Å². The summed E-state index contributed by atoms with van der Waals surface area (Å²) in [5.74, 6) is 0.770. The van der Waals surface area contributed by atoms with Crippen molar-refractivity contribution in [2.45, 2.75) is 10.9 Å². The molecule has 0 spiro atoms. The van der Waals surface area contributed by atoms with Crippen LogP contribution in [0, 0.1) is 0 Å². The van der Waals surface area contributed by atoms with Gasteiger partial charge in [0.1, 0.15) is 0 Å². The summed E-state index contributed by atoms with van der Waals surface area (Å²) in [5.41, 5.74) is 1.74. The molecule has 1 aliphatic heterocycles. The first-order valence-corrected chi connectivity index (χ1v) is 11.1. The van der Waals surface area contributed by atoms with Crippen LogP contribution < -0.4 is 9.20 Å². The Morgan fingerprint density at radius 3 is 2.34 bits per heavy atom. The molecule has 4 nitrogen and oxygen atoms in total. The van der Waals surface area contributed by atoms with E-state index in [2.05, 4.69) is 0 Å². The molecule has 3 aromatic rings. The summed E-state index contributed by atoms with van der Waals surface area (Å²) in [7, 11) is 1.61. The van der Waals surface area contributed by atoms with E-state index in [1.807, 2.05) is 78.9 Å². The van der Waals surface area contributed by atoms with Gasteiger partial charge in [0.25, 0.3) is 0 Å². The van der Waals surface area contributed by atoms with Crippen molar-refractivity contribution < 1.29 is 14.3 Å². The molecule has 0 saturated heterocycles. The molecule has 0 bridgehead atoms. The number of methoxy groups -OCH3 is 1. The minimum atomic E-state index is -0.961. The first-order chi connectivity index (χ1) is 14.1. The van der Waals surface area contributed by atoms with E-state index >= 15 is 0 Å². The van der Waals surface area contributed by atoms with E-state index in [1.54, 1.807) is 7.11 Å². The van der Waals surface area contributed by atoms with Crippen molar-refractivity contribution in [1.82, 2.24) is 0 Å². The van der Waals surface area contributed by atoms with E-state index in [-0.39, 0.29) is 20.9 Å². The Bertz CT molecular complexity index is 1040. The van der Waals surface area contributed by atoms with Crippen molar-refractivity contribution in [2.75, 3.05) is 7.11 Å². The van der Waals surface area contributed by atoms with Crippen molar-refractivity contribution in [3.8, 4) is 5.75 Å². The van der Waals surface area contributed by atoms with Crippen LogP contribution in [0.25, 0.3) is 0 Å². The molecule has 146 valence electrons. The third kappa shape index (κ3) is 4.38. The van der Waals surface area contributed by atoms with Gasteiger partial charge in [-0.15, -0.1) is 0 Å². The topological polar surface area (TPSA) is 47.9 Å². The standard InChI is InChI=1S/C23H18ClNO3Se/c1-27-19-13-9-17(10-14-19)21-25-23(22(26)28-21,29-20-5-3-2-4-6-20)15-16-7-11-18(24)12-8-16/h2-14H,15H2,1H3. The number of hydrogen-bond acceptors (Lipinski definition) is 4. The number of rotatable bonds is 6. The fourth-order valence-electron chi connectivity index (χ4n) is 3.03. The molecule has 4 rings (SSSR count). The number of cyclic esters (lactones) is 1. The van der Waals surface area contributed by atoms with E-state index in [0.29, 0.717) is 17.3 Å². The normalized spacial score (nSPS) is 18.3. The van der Waals surface area contributed by atoms with Crippen LogP contribution in [0.3, 0.4) is 0 Å². The summed E-state index contributed by atoms with van der Waals surface area (Å²) in [6.07, 6.45) is 0.456. The van der Waals surface area contributed by atoms with Gasteiger partial charge in [0.05, 0.1) is 0 Å². The van der Waals surface area contributed by atoms with Gasteiger partial charge in [0.2, 0.25) is 0 Å². The third-order valence-electron chi connectivity index (χ3n) is 4.51. The van der Waals surface area contributed by atoms with Gasteiger partial charge >= 0.3 is 181 Å². The van der Waals surface area contributed by atoms with Crippen LogP contribution in [0.5, 0.6) is 5.75 Å². The Morgan fingerprint density at radius 1 is 1.00 bits per heavy atom. The van der Waals surface area contributed by atoms with Gasteiger partial charge in [-0.25, -0.2) is 0 Å². The number of nitrogens with zero attached hydrogens (tertiary/aromatic N) is 1. The summed E-state index contributed by atoms with van der Waals surface area (Å²) in [5, 5.41) is 0.660. The van der Waals surface area contributed by atoms with Gasteiger partial charge in [-0.2, -0.15) is 0 Å². The van der Waals surface area contributed by atoms with E-state index < -0.39 is 4.44 Å². The molecule has 1 aliphatic rings. The number of benzene rings is 3. The number of carbonyl (C=O) groups excluding carboxylic acids is 1. The monoisotopic (exact) mass is 471 g/mol. The summed E-state index contributed by atoms with van der Waals surface area (Å²) in [6.45, 7) is 0. The van der Waals surface area contributed by atoms with Crippen molar-refractivity contribution in [3.63, 3.8) is 0 Å². The minimum absolute atomic E-state index is 0.251. The van der Waals surface area contributed by atoms with Crippen LogP contribution in [0.1, 0.15) is 11.1 Å². The van der Waals surface area contributed by atoms with Crippen molar-refractivity contribution >= 4 is 42.9 Å². The zero-order valence-corrected chi connectivity index (χ0v) is 18.1. The Morgan fingerprint density at radius 2 is 1.69 bits per heavy atom. The van der Waals surface area contributed by atoms with Gasteiger partial charge < -0.3 is 0 Å². The summed E-state index contributed by atoms with van der Waals surface area (Å²) >= 11 is 5.77. The maximum atomic E-state index is 13.1. The van der Waals surface area contributed by atoms with Crippen LogP contribution >= 0.6 is 11.6 Å².